The van der Waals surface area contributed by atoms with Crippen molar-refractivity contribution in [1.82, 2.24) is 0 Å². The maximum Gasteiger partial charge on any atom is 0.311 e. The molecule has 0 amide bonds. The summed E-state index contributed by atoms with van der Waals surface area (Å²) in [5.41, 5.74) is 0. The molecule has 4 nitrogen and oxygen atoms in total. The third-order valence-electron chi connectivity index (χ3n) is 2.07. The highest BCUT2D eigenvalue weighted by Gasteiger charge is 2.19. The zero-order chi connectivity index (χ0) is 11.4. The Morgan fingerprint density at radius 1 is 1.47 bits per heavy atom. The van der Waals surface area contributed by atoms with Gasteiger partial charge in [0.1, 0.15) is 11.5 Å². The van der Waals surface area contributed by atoms with Crippen LogP contribution in [0.1, 0.15) is 38.2 Å². The zero-order valence-electron chi connectivity index (χ0n) is 9.29. The first kappa shape index (κ1) is 11.6. The van der Waals surface area contributed by atoms with Gasteiger partial charge in [-0.05, 0) is 13.3 Å². The minimum atomic E-state index is -0.348. The van der Waals surface area contributed by atoms with Crippen molar-refractivity contribution in [2.45, 2.75) is 40.0 Å². The molecule has 1 aromatic rings. The molecule has 1 aromatic heterocycles. The van der Waals surface area contributed by atoms with Crippen molar-refractivity contribution in [3.05, 3.63) is 11.5 Å². The lowest BCUT2D eigenvalue weighted by Gasteiger charge is -2.01. The average molecular weight is 212 g/mol. The number of rotatable bonds is 4. The number of hydrogen-bond acceptors (Lipinski definition) is 4. The van der Waals surface area contributed by atoms with E-state index >= 15 is 0 Å². The largest absolute Gasteiger partial charge is 0.502 e. The molecule has 0 aliphatic heterocycles. The molecule has 1 heterocycles. The fourth-order valence-electron chi connectivity index (χ4n) is 1.30. The first-order valence-electron chi connectivity index (χ1n) is 5.12. The molecule has 0 aliphatic carbocycles. The van der Waals surface area contributed by atoms with Gasteiger partial charge in [0.25, 0.3) is 0 Å². The van der Waals surface area contributed by atoms with Crippen LogP contribution in [0.4, 0.5) is 0 Å². The zero-order valence-corrected chi connectivity index (χ0v) is 9.29. The Morgan fingerprint density at radius 3 is 2.60 bits per heavy atom. The Balaban J connectivity index is 2.85. The second-order valence-corrected chi connectivity index (χ2v) is 3.34. The van der Waals surface area contributed by atoms with Gasteiger partial charge in [0.15, 0.2) is 0 Å². The van der Waals surface area contributed by atoms with Gasteiger partial charge >= 0.3 is 5.97 Å². The number of aryl methyl sites for hydroxylation is 2. The summed E-state index contributed by atoms with van der Waals surface area (Å²) in [7, 11) is 0. The predicted octanol–water partition coefficient (Wildman–Crippen LogP) is 2.56. The van der Waals surface area contributed by atoms with Gasteiger partial charge in [-0.3, -0.25) is 4.79 Å². The molecule has 84 valence electrons. The maximum absolute atomic E-state index is 11.2. The van der Waals surface area contributed by atoms with E-state index in [-0.39, 0.29) is 17.5 Å². The highest BCUT2D eigenvalue weighted by atomic mass is 16.6. The van der Waals surface area contributed by atoms with E-state index in [9.17, 15) is 9.90 Å². The Bertz CT molecular complexity index is 352. The van der Waals surface area contributed by atoms with Gasteiger partial charge in [-0.2, -0.15) is 0 Å². The fraction of sp³-hybridized carbons (Fsp3) is 0.545. The van der Waals surface area contributed by atoms with Gasteiger partial charge in [-0.25, -0.2) is 0 Å². The van der Waals surface area contributed by atoms with Crippen molar-refractivity contribution in [3.8, 4) is 11.5 Å². The minimum Gasteiger partial charge on any atom is -0.502 e. The Morgan fingerprint density at radius 2 is 2.13 bits per heavy atom. The van der Waals surface area contributed by atoms with Crippen LogP contribution in [0.2, 0.25) is 0 Å². The standard InChI is InChI=1S/C11H16O4/c1-4-6-9(12)15-11-7(3)14-8(5-2)10(11)13/h13H,4-6H2,1-3H3. The van der Waals surface area contributed by atoms with Crippen LogP contribution in [0.15, 0.2) is 4.42 Å². The molecule has 0 aromatic carbocycles. The van der Waals surface area contributed by atoms with Crippen LogP contribution in [-0.2, 0) is 11.2 Å². The second-order valence-electron chi connectivity index (χ2n) is 3.34. The van der Waals surface area contributed by atoms with Crippen molar-refractivity contribution in [3.63, 3.8) is 0 Å². The molecular weight excluding hydrogens is 196 g/mol. The first-order valence-corrected chi connectivity index (χ1v) is 5.12. The van der Waals surface area contributed by atoms with Crippen LogP contribution in [0, 0.1) is 6.92 Å². The Hall–Kier alpha value is -1.45. The van der Waals surface area contributed by atoms with Gasteiger partial charge in [0.2, 0.25) is 11.5 Å². The van der Waals surface area contributed by atoms with E-state index in [4.69, 9.17) is 9.15 Å². The number of aromatic hydroxyl groups is 1. The van der Waals surface area contributed by atoms with Crippen molar-refractivity contribution < 1.29 is 19.1 Å². The fourth-order valence-corrected chi connectivity index (χ4v) is 1.30. The topological polar surface area (TPSA) is 59.7 Å². The first-order chi connectivity index (χ1) is 7.10. The second kappa shape index (κ2) is 4.87. The summed E-state index contributed by atoms with van der Waals surface area (Å²) in [4.78, 5) is 11.2. The number of ether oxygens (including phenoxy) is 1. The molecule has 1 N–H and O–H groups in total. The Kier molecular flexibility index (Phi) is 3.77. The molecule has 0 atom stereocenters. The predicted molar refractivity (Wildman–Crippen MR) is 55.0 cm³/mol. The number of esters is 1. The van der Waals surface area contributed by atoms with Crippen molar-refractivity contribution in [1.29, 1.82) is 0 Å². The summed E-state index contributed by atoms with van der Waals surface area (Å²) >= 11 is 0. The molecule has 4 heteroatoms. The minimum absolute atomic E-state index is 0.0561. The summed E-state index contributed by atoms with van der Waals surface area (Å²) in [6, 6.07) is 0. The van der Waals surface area contributed by atoms with E-state index in [0.29, 0.717) is 24.4 Å². The summed E-state index contributed by atoms with van der Waals surface area (Å²) in [5.74, 6) is 0.643. The smallest absolute Gasteiger partial charge is 0.311 e. The molecule has 0 unspecified atom stereocenters. The van der Waals surface area contributed by atoms with E-state index in [2.05, 4.69) is 0 Å². The van der Waals surface area contributed by atoms with E-state index in [1.807, 2.05) is 13.8 Å². The maximum atomic E-state index is 11.2. The summed E-state index contributed by atoms with van der Waals surface area (Å²) in [5, 5.41) is 9.66. The molecule has 0 saturated carbocycles. The van der Waals surface area contributed by atoms with Gasteiger partial charge in [-0.15, -0.1) is 0 Å². The highest BCUT2D eigenvalue weighted by Crippen LogP contribution is 2.36. The van der Waals surface area contributed by atoms with E-state index < -0.39 is 0 Å². The van der Waals surface area contributed by atoms with Crippen LogP contribution >= 0.6 is 0 Å². The molecule has 0 saturated heterocycles. The lowest BCUT2D eigenvalue weighted by molar-refractivity contribution is -0.134. The number of carbonyl (C=O) groups is 1. The summed E-state index contributed by atoms with van der Waals surface area (Å²) < 4.78 is 10.3. The molecule has 0 bridgehead atoms. The third-order valence-corrected chi connectivity index (χ3v) is 2.07. The molecule has 15 heavy (non-hydrogen) atoms. The van der Waals surface area contributed by atoms with Gasteiger partial charge in [0.05, 0.1) is 0 Å². The van der Waals surface area contributed by atoms with Crippen molar-refractivity contribution in [2.24, 2.45) is 0 Å². The SMILES string of the molecule is CCCC(=O)Oc1c(C)oc(CC)c1O. The van der Waals surface area contributed by atoms with E-state index in [1.165, 1.54) is 0 Å². The monoisotopic (exact) mass is 212 g/mol. The summed E-state index contributed by atoms with van der Waals surface area (Å²) in [6.07, 6.45) is 1.63. The van der Waals surface area contributed by atoms with Crippen LogP contribution in [0.3, 0.4) is 0 Å². The molecule has 1 rings (SSSR count). The van der Waals surface area contributed by atoms with E-state index in [1.54, 1.807) is 6.92 Å². The number of furan rings is 1. The van der Waals surface area contributed by atoms with Crippen LogP contribution in [0.25, 0.3) is 0 Å². The average Bonchev–Trinajstić information content (AvgIpc) is 2.45. The van der Waals surface area contributed by atoms with Crippen LogP contribution in [0.5, 0.6) is 11.5 Å². The molecule has 0 spiro atoms. The summed E-state index contributed by atoms with van der Waals surface area (Å²) in [6.45, 7) is 5.41. The van der Waals surface area contributed by atoms with Crippen LogP contribution < -0.4 is 4.74 Å². The lowest BCUT2D eigenvalue weighted by atomic mass is 10.3. The van der Waals surface area contributed by atoms with Crippen molar-refractivity contribution >= 4 is 5.97 Å². The number of hydrogen-bond donors (Lipinski definition) is 1. The number of carbonyl (C=O) groups excluding carboxylic acids is 1. The molecule has 0 fully saturated rings. The van der Waals surface area contributed by atoms with Gasteiger partial charge < -0.3 is 14.3 Å². The van der Waals surface area contributed by atoms with Crippen molar-refractivity contribution in [2.75, 3.05) is 0 Å². The molecule has 0 radical (unpaired) electrons. The van der Waals surface area contributed by atoms with Crippen LogP contribution in [-0.4, -0.2) is 11.1 Å². The molecular formula is C11H16O4. The van der Waals surface area contributed by atoms with Gasteiger partial charge in [-0.1, -0.05) is 13.8 Å². The van der Waals surface area contributed by atoms with Gasteiger partial charge in [0, 0.05) is 12.8 Å². The molecule has 0 aliphatic rings. The normalized spacial score (nSPS) is 10.3. The lowest BCUT2D eigenvalue weighted by Crippen LogP contribution is -2.07. The van der Waals surface area contributed by atoms with E-state index in [0.717, 1.165) is 6.42 Å². The Labute approximate surface area is 88.8 Å². The third kappa shape index (κ3) is 2.52. The quantitative estimate of drug-likeness (QED) is 0.779. The highest BCUT2D eigenvalue weighted by molar-refractivity contribution is 5.73.